The van der Waals surface area contributed by atoms with Crippen LogP contribution in [0.25, 0.3) is 5.65 Å². The lowest BCUT2D eigenvalue weighted by Crippen LogP contribution is -2.42. The molecule has 0 spiro atoms. The molecule has 5 rings (SSSR count). The number of nitrogens with zero attached hydrogens (tertiary/aromatic N) is 3. The van der Waals surface area contributed by atoms with Gasteiger partial charge in [-0.3, -0.25) is 9.20 Å². The maximum absolute atomic E-state index is 14.1. The van der Waals surface area contributed by atoms with Crippen LogP contribution < -0.4 is 15.0 Å². The third kappa shape index (κ3) is 4.62. The van der Waals surface area contributed by atoms with E-state index in [1.165, 1.54) is 24.3 Å². The molecular formula is C28H27ClF2N4O2. The highest BCUT2D eigenvalue weighted by Crippen LogP contribution is 2.39. The summed E-state index contributed by atoms with van der Waals surface area (Å²) in [5.74, 6) is -1.52. The number of aryl methyl sites for hydroxylation is 1. The van der Waals surface area contributed by atoms with Gasteiger partial charge >= 0.3 is 0 Å². The van der Waals surface area contributed by atoms with Crippen LogP contribution in [0.1, 0.15) is 54.1 Å². The summed E-state index contributed by atoms with van der Waals surface area (Å²) in [7, 11) is 0. The zero-order chi connectivity index (χ0) is 26.5. The summed E-state index contributed by atoms with van der Waals surface area (Å²) in [6, 6.07) is 13.0. The van der Waals surface area contributed by atoms with E-state index in [1.54, 1.807) is 17.5 Å². The molecule has 1 atom stereocenters. The average molecular weight is 525 g/mol. The monoisotopic (exact) mass is 524 g/mol. The Kier molecular flexibility index (Phi) is 6.31. The zero-order valence-corrected chi connectivity index (χ0v) is 21.7. The number of ether oxygens (including phenoxy) is 1. The molecular weight excluding hydrogens is 498 g/mol. The number of hydrogen-bond donors (Lipinski definition) is 1. The summed E-state index contributed by atoms with van der Waals surface area (Å²) < 4.78 is 35.5. The Labute approximate surface area is 218 Å². The van der Waals surface area contributed by atoms with Gasteiger partial charge in [-0.05, 0) is 51.5 Å². The minimum Gasteiger partial charge on any atom is -0.485 e. The number of amides is 1. The molecule has 9 heteroatoms. The number of hydrogen-bond acceptors (Lipinski definition) is 4. The highest BCUT2D eigenvalue weighted by Gasteiger charge is 2.36. The largest absolute Gasteiger partial charge is 0.485 e. The molecule has 1 N–H and O–H groups in total. The van der Waals surface area contributed by atoms with Crippen molar-refractivity contribution >= 4 is 28.8 Å². The van der Waals surface area contributed by atoms with Crippen molar-refractivity contribution in [3.05, 3.63) is 93.9 Å². The van der Waals surface area contributed by atoms with Crippen molar-refractivity contribution in [1.82, 2.24) is 14.7 Å². The van der Waals surface area contributed by atoms with Crippen molar-refractivity contribution in [2.45, 2.75) is 45.9 Å². The summed E-state index contributed by atoms with van der Waals surface area (Å²) in [5.41, 5.74) is 2.93. The number of carbonyl (C=O) groups is 1. The van der Waals surface area contributed by atoms with Crippen molar-refractivity contribution in [3.63, 3.8) is 0 Å². The Hall–Kier alpha value is -3.65. The van der Waals surface area contributed by atoms with Crippen LogP contribution in [0.15, 0.2) is 54.7 Å². The van der Waals surface area contributed by atoms with Crippen molar-refractivity contribution in [2.24, 2.45) is 0 Å². The molecule has 0 bridgehead atoms. The summed E-state index contributed by atoms with van der Waals surface area (Å²) in [6.45, 7) is 8.41. The third-order valence-corrected chi connectivity index (χ3v) is 6.77. The van der Waals surface area contributed by atoms with E-state index in [0.717, 1.165) is 11.3 Å². The van der Waals surface area contributed by atoms with Gasteiger partial charge in [-0.1, -0.05) is 35.9 Å². The number of benzene rings is 2. The number of fused-ring (bicyclic) bond motifs is 2. The van der Waals surface area contributed by atoms with E-state index in [2.05, 4.69) is 42.0 Å². The van der Waals surface area contributed by atoms with Gasteiger partial charge in [0.1, 0.15) is 23.9 Å². The first-order valence-corrected chi connectivity index (χ1v) is 12.3. The van der Waals surface area contributed by atoms with Gasteiger partial charge in [0.2, 0.25) is 0 Å². The first kappa shape index (κ1) is 25.0. The van der Waals surface area contributed by atoms with E-state index >= 15 is 0 Å². The standard InChI is InChI=1S/C28H27ClF2N4O2/c1-16-25(27(36)33-22-14-35(28(2,3)4)23-11-6-5-8-18(22)23)34-13-17(29)12-24(26(34)32-16)37-15-19-20(30)9-7-10-21(19)31/h5-13,22H,14-15H2,1-4H3,(H,33,36). The van der Waals surface area contributed by atoms with E-state index in [9.17, 15) is 13.6 Å². The molecule has 1 aliphatic heterocycles. The molecule has 4 aromatic rings. The topological polar surface area (TPSA) is 58.9 Å². The number of imidazole rings is 1. The van der Waals surface area contributed by atoms with E-state index in [0.29, 0.717) is 23.6 Å². The minimum absolute atomic E-state index is 0.119. The number of anilines is 1. The van der Waals surface area contributed by atoms with E-state index in [-0.39, 0.29) is 40.4 Å². The van der Waals surface area contributed by atoms with Crippen LogP contribution in [0.5, 0.6) is 5.75 Å². The SMILES string of the molecule is Cc1nc2c(OCc3c(F)cccc3F)cc(Cl)cn2c1C(=O)NC1CN(C(C)(C)C)c2ccccc21. The molecule has 3 heterocycles. The second-order valence-corrected chi connectivity index (χ2v) is 10.6. The molecule has 192 valence electrons. The summed E-state index contributed by atoms with van der Waals surface area (Å²) in [6.07, 6.45) is 1.58. The maximum atomic E-state index is 14.1. The van der Waals surface area contributed by atoms with Crippen LogP contribution in [0.4, 0.5) is 14.5 Å². The number of pyridine rings is 1. The lowest BCUT2D eigenvalue weighted by molar-refractivity contribution is 0.0932. The fourth-order valence-corrected chi connectivity index (χ4v) is 4.99. The van der Waals surface area contributed by atoms with Crippen molar-refractivity contribution in [2.75, 3.05) is 11.4 Å². The molecule has 1 amide bonds. The molecule has 6 nitrogen and oxygen atoms in total. The molecule has 0 fully saturated rings. The predicted molar refractivity (Wildman–Crippen MR) is 139 cm³/mol. The summed E-state index contributed by atoms with van der Waals surface area (Å²) in [4.78, 5) is 20.4. The van der Waals surface area contributed by atoms with Crippen LogP contribution in [-0.2, 0) is 6.61 Å². The smallest absolute Gasteiger partial charge is 0.270 e. The van der Waals surface area contributed by atoms with Gasteiger partial charge in [0.15, 0.2) is 11.4 Å². The second kappa shape index (κ2) is 9.34. The minimum atomic E-state index is -0.709. The van der Waals surface area contributed by atoms with E-state index in [1.807, 2.05) is 18.2 Å². The highest BCUT2D eigenvalue weighted by atomic mass is 35.5. The Morgan fingerprint density at radius 1 is 1.16 bits per heavy atom. The number of halogens is 3. The Bertz CT molecular complexity index is 1490. The number of aromatic nitrogens is 2. The fourth-order valence-electron chi connectivity index (χ4n) is 4.79. The summed E-state index contributed by atoms with van der Waals surface area (Å²) in [5, 5.41) is 3.44. The van der Waals surface area contributed by atoms with Crippen LogP contribution in [0.2, 0.25) is 5.02 Å². The Balaban J connectivity index is 1.45. The normalized spacial score (nSPS) is 15.2. The van der Waals surface area contributed by atoms with Gasteiger partial charge < -0.3 is 15.0 Å². The van der Waals surface area contributed by atoms with Crippen LogP contribution in [0.3, 0.4) is 0 Å². The molecule has 2 aromatic heterocycles. The van der Waals surface area contributed by atoms with Gasteiger partial charge in [0, 0.05) is 30.0 Å². The van der Waals surface area contributed by atoms with Gasteiger partial charge in [-0.25, -0.2) is 13.8 Å². The first-order valence-electron chi connectivity index (χ1n) is 12.0. The maximum Gasteiger partial charge on any atom is 0.270 e. The molecule has 0 saturated carbocycles. The van der Waals surface area contributed by atoms with Gasteiger partial charge in [0.25, 0.3) is 5.91 Å². The van der Waals surface area contributed by atoms with Gasteiger partial charge in [-0.15, -0.1) is 0 Å². The number of rotatable bonds is 5. The molecule has 0 radical (unpaired) electrons. The number of nitrogens with one attached hydrogen (secondary N) is 1. The lowest BCUT2D eigenvalue weighted by atomic mass is 10.1. The molecule has 0 aliphatic carbocycles. The van der Waals surface area contributed by atoms with Gasteiger partial charge in [-0.2, -0.15) is 0 Å². The molecule has 37 heavy (non-hydrogen) atoms. The van der Waals surface area contributed by atoms with Crippen LogP contribution in [0, 0.1) is 18.6 Å². The molecule has 2 aromatic carbocycles. The lowest BCUT2D eigenvalue weighted by Gasteiger charge is -2.34. The number of carbonyl (C=O) groups excluding carboxylic acids is 1. The quantitative estimate of drug-likeness (QED) is 0.335. The van der Waals surface area contributed by atoms with E-state index < -0.39 is 11.6 Å². The molecule has 0 saturated heterocycles. The zero-order valence-electron chi connectivity index (χ0n) is 21.0. The van der Waals surface area contributed by atoms with E-state index in [4.69, 9.17) is 16.3 Å². The first-order chi connectivity index (χ1) is 17.5. The Morgan fingerprint density at radius 3 is 2.57 bits per heavy atom. The fraction of sp³-hybridized carbons (Fsp3) is 0.286. The highest BCUT2D eigenvalue weighted by molar-refractivity contribution is 6.30. The Morgan fingerprint density at radius 2 is 1.86 bits per heavy atom. The van der Waals surface area contributed by atoms with Crippen molar-refractivity contribution in [1.29, 1.82) is 0 Å². The average Bonchev–Trinajstić information content (AvgIpc) is 3.36. The molecule has 1 aliphatic rings. The van der Waals surface area contributed by atoms with Crippen molar-refractivity contribution < 1.29 is 18.3 Å². The van der Waals surface area contributed by atoms with Gasteiger partial charge in [0.05, 0.1) is 22.3 Å². The van der Waals surface area contributed by atoms with Crippen LogP contribution >= 0.6 is 11.6 Å². The van der Waals surface area contributed by atoms with Crippen LogP contribution in [-0.4, -0.2) is 27.4 Å². The van der Waals surface area contributed by atoms with Crippen molar-refractivity contribution in [3.8, 4) is 5.75 Å². The third-order valence-electron chi connectivity index (χ3n) is 6.56. The molecule has 1 unspecified atom stereocenters. The second-order valence-electron chi connectivity index (χ2n) is 10.1. The predicted octanol–water partition coefficient (Wildman–Crippen LogP) is 6.24. The number of para-hydroxylation sites is 1. The summed E-state index contributed by atoms with van der Waals surface area (Å²) >= 11 is 6.35.